The van der Waals surface area contributed by atoms with Crippen LogP contribution in [-0.4, -0.2) is 67.7 Å². The van der Waals surface area contributed by atoms with Crippen molar-refractivity contribution in [2.45, 2.75) is 25.9 Å². The third kappa shape index (κ3) is 3.73. The van der Waals surface area contributed by atoms with Gasteiger partial charge in [-0.1, -0.05) is 0 Å². The lowest BCUT2D eigenvalue weighted by molar-refractivity contribution is -0.145. The van der Waals surface area contributed by atoms with Gasteiger partial charge in [0, 0.05) is 32.2 Å². The molecule has 1 heterocycles. The van der Waals surface area contributed by atoms with Crippen molar-refractivity contribution in [3.63, 3.8) is 0 Å². The van der Waals surface area contributed by atoms with E-state index < -0.39 is 6.04 Å². The van der Waals surface area contributed by atoms with Gasteiger partial charge >= 0.3 is 5.97 Å². The largest absolute Gasteiger partial charge is 0.465 e. The minimum atomic E-state index is -0.518. The first kappa shape index (κ1) is 13.4. The normalized spacial score (nSPS) is 25.4. The fraction of sp³-hybridized carbons (Fsp3) is 0.909. The van der Waals surface area contributed by atoms with E-state index in [2.05, 4.69) is 23.8 Å². The zero-order chi connectivity index (χ0) is 12.1. The fourth-order valence-electron chi connectivity index (χ4n) is 1.89. The molecule has 1 aliphatic heterocycles. The quantitative estimate of drug-likeness (QED) is 0.659. The predicted octanol–water partition coefficient (Wildman–Crippen LogP) is -0.487. The molecule has 1 fully saturated rings. The lowest BCUT2D eigenvalue weighted by Crippen LogP contribution is -2.54. The highest BCUT2D eigenvalue weighted by atomic mass is 16.5. The monoisotopic (exact) mass is 229 g/mol. The molecule has 0 aromatic heterocycles. The van der Waals surface area contributed by atoms with Crippen LogP contribution in [0.5, 0.6) is 0 Å². The van der Waals surface area contributed by atoms with E-state index in [1.807, 2.05) is 0 Å². The van der Waals surface area contributed by atoms with Crippen LogP contribution >= 0.6 is 0 Å². The van der Waals surface area contributed by atoms with E-state index >= 15 is 0 Å². The maximum absolute atomic E-state index is 11.4. The Bertz CT molecular complexity index is 235. The molecule has 2 N–H and O–H groups in total. The molecule has 0 aromatic carbocycles. The Morgan fingerprint density at radius 1 is 1.56 bits per heavy atom. The van der Waals surface area contributed by atoms with E-state index in [0.29, 0.717) is 19.2 Å². The molecule has 16 heavy (non-hydrogen) atoms. The summed E-state index contributed by atoms with van der Waals surface area (Å²) in [6.07, 6.45) is 0. The van der Waals surface area contributed by atoms with Crippen molar-refractivity contribution in [1.29, 1.82) is 0 Å². The van der Waals surface area contributed by atoms with Crippen LogP contribution in [-0.2, 0) is 9.53 Å². The Morgan fingerprint density at radius 2 is 2.25 bits per heavy atom. The highest BCUT2D eigenvalue weighted by Gasteiger charge is 2.24. The number of nitrogens with zero attached hydrogens (tertiary/aromatic N) is 2. The molecule has 2 unspecified atom stereocenters. The Morgan fingerprint density at radius 3 is 2.81 bits per heavy atom. The number of nitrogens with two attached hydrogens (primary N) is 1. The summed E-state index contributed by atoms with van der Waals surface area (Å²) in [7, 11) is 2.12. The summed E-state index contributed by atoms with van der Waals surface area (Å²) in [5, 5.41) is 0. The Hall–Kier alpha value is -0.650. The molecule has 1 rings (SSSR count). The van der Waals surface area contributed by atoms with Crippen molar-refractivity contribution in [2.24, 2.45) is 5.73 Å². The molecular weight excluding hydrogens is 206 g/mol. The van der Waals surface area contributed by atoms with Crippen LogP contribution in [0.3, 0.4) is 0 Å². The lowest BCUT2D eigenvalue weighted by atomic mass is 10.2. The second-order valence-corrected chi connectivity index (χ2v) is 4.45. The number of hydrogen-bond acceptors (Lipinski definition) is 5. The van der Waals surface area contributed by atoms with Gasteiger partial charge in [0.25, 0.3) is 0 Å². The van der Waals surface area contributed by atoms with Crippen molar-refractivity contribution in [1.82, 2.24) is 9.80 Å². The van der Waals surface area contributed by atoms with Crippen molar-refractivity contribution >= 4 is 5.97 Å². The molecule has 0 spiro atoms. The van der Waals surface area contributed by atoms with Gasteiger partial charge in [-0.2, -0.15) is 0 Å². The summed E-state index contributed by atoms with van der Waals surface area (Å²) >= 11 is 0. The van der Waals surface area contributed by atoms with Gasteiger partial charge in [0.05, 0.1) is 6.61 Å². The van der Waals surface area contributed by atoms with Gasteiger partial charge in [-0.15, -0.1) is 0 Å². The highest BCUT2D eigenvalue weighted by molar-refractivity contribution is 5.75. The van der Waals surface area contributed by atoms with Crippen LogP contribution < -0.4 is 5.73 Å². The van der Waals surface area contributed by atoms with Crippen molar-refractivity contribution in [2.75, 3.05) is 39.8 Å². The average Bonchev–Trinajstić information content (AvgIpc) is 2.24. The standard InChI is InChI=1S/C11H23N3O2/c1-4-16-11(15)10(12)8-14-6-5-13(3)9(2)7-14/h9-10H,4-8,12H2,1-3H3. The zero-order valence-corrected chi connectivity index (χ0v) is 10.5. The summed E-state index contributed by atoms with van der Waals surface area (Å²) in [6, 6.07) is -0.00120. The molecular formula is C11H23N3O2. The molecule has 0 bridgehead atoms. The van der Waals surface area contributed by atoms with Gasteiger partial charge in [0.15, 0.2) is 0 Å². The number of likely N-dealkylation sites (N-methyl/N-ethyl adjacent to an activating group) is 1. The first-order valence-corrected chi connectivity index (χ1v) is 5.89. The van der Waals surface area contributed by atoms with E-state index in [4.69, 9.17) is 10.5 Å². The molecule has 5 heteroatoms. The molecule has 0 radical (unpaired) electrons. The van der Waals surface area contributed by atoms with Crippen molar-refractivity contribution in [3.8, 4) is 0 Å². The second-order valence-electron chi connectivity index (χ2n) is 4.45. The van der Waals surface area contributed by atoms with Crippen LogP contribution in [0.4, 0.5) is 0 Å². The molecule has 0 aliphatic carbocycles. The summed E-state index contributed by atoms with van der Waals surface area (Å²) < 4.78 is 4.89. The number of rotatable bonds is 4. The maximum Gasteiger partial charge on any atom is 0.324 e. The molecule has 2 atom stereocenters. The number of piperazine rings is 1. The number of ether oxygens (including phenoxy) is 1. The van der Waals surface area contributed by atoms with Crippen LogP contribution in [0, 0.1) is 0 Å². The smallest absolute Gasteiger partial charge is 0.324 e. The molecule has 0 saturated carbocycles. The van der Waals surface area contributed by atoms with Gasteiger partial charge < -0.3 is 15.4 Å². The van der Waals surface area contributed by atoms with E-state index in [9.17, 15) is 4.79 Å². The summed E-state index contributed by atoms with van der Waals surface area (Å²) in [6.45, 7) is 7.92. The van der Waals surface area contributed by atoms with E-state index in [-0.39, 0.29) is 5.97 Å². The van der Waals surface area contributed by atoms with Gasteiger partial charge in [-0.05, 0) is 20.9 Å². The number of carbonyl (C=O) groups excluding carboxylic acids is 1. The third-order valence-corrected chi connectivity index (χ3v) is 3.09. The summed E-state index contributed by atoms with van der Waals surface area (Å²) in [4.78, 5) is 15.9. The van der Waals surface area contributed by atoms with E-state index in [1.165, 1.54) is 0 Å². The Balaban J connectivity index is 2.34. The lowest BCUT2D eigenvalue weighted by Gasteiger charge is -2.38. The fourth-order valence-corrected chi connectivity index (χ4v) is 1.89. The topological polar surface area (TPSA) is 58.8 Å². The Labute approximate surface area is 97.5 Å². The van der Waals surface area contributed by atoms with Gasteiger partial charge in [-0.3, -0.25) is 9.69 Å². The van der Waals surface area contributed by atoms with Crippen molar-refractivity contribution in [3.05, 3.63) is 0 Å². The van der Waals surface area contributed by atoms with Gasteiger partial charge in [0.1, 0.15) is 6.04 Å². The number of hydrogen-bond donors (Lipinski definition) is 1. The zero-order valence-electron chi connectivity index (χ0n) is 10.5. The molecule has 0 amide bonds. The Kier molecular flexibility index (Phi) is 5.18. The van der Waals surface area contributed by atoms with Crippen LogP contribution in [0.1, 0.15) is 13.8 Å². The maximum atomic E-state index is 11.4. The minimum Gasteiger partial charge on any atom is -0.465 e. The molecule has 0 aromatic rings. The van der Waals surface area contributed by atoms with E-state index in [1.54, 1.807) is 6.92 Å². The van der Waals surface area contributed by atoms with E-state index in [0.717, 1.165) is 19.6 Å². The molecule has 1 aliphatic rings. The molecule has 94 valence electrons. The first-order valence-electron chi connectivity index (χ1n) is 5.89. The number of carbonyl (C=O) groups is 1. The second kappa shape index (κ2) is 6.18. The third-order valence-electron chi connectivity index (χ3n) is 3.09. The van der Waals surface area contributed by atoms with Crippen LogP contribution in [0.15, 0.2) is 0 Å². The summed E-state index contributed by atoms with van der Waals surface area (Å²) in [5.41, 5.74) is 5.78. The molecule has 1 saturated heterocycles. The number of esters is 1. The van der Waals surface area contributed by atoms with Crippen LogP contribution in [0.2, 0.25) is 0 Å². The van der Waals surface area contributed by atoms with Crippen molar-refractivity contribution < 1.29 is 9.53 Å². The van der Waals surface area contributed by atoms with Gasteiger partial charge in [-0.25, -0.2) is 0 Å². The van der Waals surface area contributed by atoms with Gasteiger partial charge in [0.2, 0.25) is 0 Å². The highest BCUT2D eigenvalue weighted by Crippen LogP contribution is 2.07. The molecule has 5 nitrogen and oxygen atoms in total. The van der Waals surface area contributed by atoms with Crippen LogP contribution in [0.25, 0.3) is 0 Å². The first-order chi connectivity index (χ1) is 7.54. The summed E-state index contributed by atoms with van der Waals surface area (Å²) in [5.74, 6) is -0.297. The predicted molar refractivity (Wildman–Crippen MR) is 63.1 cm³/mol. The minimum absolute atomic E-state index is 0.297. The SMILES string of the molecule is CCOC(=O)C(N)CN1CCN(C)C(C)C1. The average molecular weight is 229 g/mol.